The fourth-order valence-corrected chi connectivity index (χ4v) is 2.48. The third-order valence-electron chi connectivity index (χ3n) is 3.63. The fraction of sp³-hybridized carbons (Fsp3) is 0.278. The van der Waals surface area contributed by atoms with E-state index in [0.29, 0.717) is 12.1 Å². The van der Waals surface area contributed by atoms with Gasteiger partial charge in [-0.25, -0.2) is 0 Å². The molecule has 0 aliphatic rings. The van der Waals surface area contributed by atoms with E-state index in [0.717, 1.165) is 11.3 Å². The van der Waals surface area contributed by atoms with Crippen LogP contribution in [0.4, 0.5) is 5.69 Å². The van der Waals surface area contributed by atoms with E-state index in [1.54, 1.807) is 24.3 Å². The molecule has 2 rings (SSSR count). The Morgan fingerprint density at radius 3 is 2.38 bits per heavy atom. The van der Waals surface area contributed by atoms with Crippen LogP contribution in [0.15, 0.2) is 42.5 Å². The summed E-state index contributed by atoms with van der Waals surface area (Å²) in [4.78, 5) is 2.05. The van der Waals surface area contributed by atoms with E-state index in [1.165, 1.54) is 11.1 Å². The van der Waals surface area contributed by atoms with Crippen LogP contribution in [0.5, 0.6) is 0 Å². The van der Waals surface area contributed by atoms with Crippen LogP contribution in [-0.4, -0.2) is 18.7 Å². The quantitative estimate of drug-likeness (QED) is 0.934. The third-order valence-corrected chi connectivity index (χ3v) is 3.63. The van der Waals surface area contributed by atoms with Crippen LogP contribution in [0.2, 0.25) is 0 Å². The molecule has 0 fully saturated rings. The van der Waals surface area contributed by atoms with E-state index in [2.05, 4.69) is 43.0 Å². The number of aryl methyl sites for hydroxylation is 2. The molecule has 2 aromatic rings. The number of nitriles is 1. The molecule has 0 bridgehead atoms. The Morgan fingerprint density at radius 2 is 1.81 bits per heavy atom. The summed E-state index contributed by atoms with van der Waals surface area (Å²) in [5, 5.41) is 19.1. The van der Waals surface area contributed by atoms with Crippen LogP contribution in [0, 0.1) is 25.2 Å². The number of nitrogens with zero attached hydrogens (tertiary/aromatic N) is 2. The lowest BCUT2D eigenvalue weighted by atomic mass is 10.1. The Hall–Kier alpha value is -2.31. The van der Waals surface area contributed by atoms with Crippen molar-refractivity contribution in [3.63, 3.8) is 0 Å². The first kappa shape index (κ1) is 15.1. The Bertz CT molecular complexity index is 656. The maximum absolute atomic E-state index is 10.3. The molecule has 0 aromatic heterocycles. The van der Waals surface area contributed by atoms with Crippen LogP contribution in [0.25, 0.3) is 0 Å². The highest BCUT2D eigenvalue weighted by molar-refractivity contribution is 5.54. The minimum absolute atomic E-state index is 0.510. The van der Waals surface area contributed by atoms with Crippen molar-refractivity contribution in [2.45, 2.75) is 20.0 Å². The maximum Gasteiger partial charge on any atom is 0.0991 e. The van der Waals surface area contributed by atoms with Gasteiger partial charge in [0.25, 0.3) is 0 Å². The highest BCUT2D eigenvalue weighted by Gasteiger charge is 2.12. The van der Waals surface area contributed by atoms with Gasteiger partial charge in [-0.3, -0.25) is 0 Å². The lowest BCUT2D eigenvalue weighted by Crippen LogP contribution is -2.24. The van der Waals surface area contributed by atoms with Crippen molar-refractivity contribution < 1.29 is 5.11 Å². The molecule has 1 unspecified atom stereocenters. The number of aliphatic hydroxyl groups is 1. The summed E-state index contributed by atoms with van der Waals surface area (Å²) < 4.78 is 0. The van der Waals surface area contributed by atoms with E-state index in [-0.39, 0.29) is 0 Å². The van der Waals surface area contributed by atoms with Gasteiger partial charge >= 0.3 is 0 Å². The Labute approximate surface area is 126 Å². The molecule has 2 aromatic carbocycles. The lowest BCUT2D eigenvalue weighted by Gasteiger charge is -2.25. The molecule has 1 atom stereocenters. The highest BCUT2D eigenvalue weighted by Crippen LogP contribution is 2.23. The molecule has 21 heavy (non-hydrogen) atoms. The first-order valence-corrected chi connectivity index (χ1v) is 6.98. The van der Waals surface area contributed by atoms with E-state index < -0.39 is 6.10 Å². The summed E-state index contributed by atoms with van der Waals surface area (Å²) in [6.45, 7) is 4.66. The Balaban J connectivity index is 2.10. The summed E-state index contributed by atoms with van der Waals surface area (Å²) >= 11 is 0. The summed E-state index contributed by atoms with van der Waals surface area (Å²) in [6, 6.07) is 15.4. The van der Waals surface area contributed by atoms with Crippen LogP contribution >= 0.6 is 0 Å². The predicted molar refractivity (Wildman–Crippen MR) is 85.3 cm³/mol. The second-order valence-electron chi connectivity index (χ2n) is 5.42. The van der Waals surface area contributed by atoms with Crippen LogP contribution in [0.3, 0.4) is 0 Å². The molecule has 0 amide bonds. The van der Waals surface area contributed by atoms with Gasteiger partial charge in [0.05, 0.1) is 17.7 Å². The number of aliphatic hydroxyl groups excluding tert-OH is 1. The molecule has 0 saturated heterocycles. The molecule has 0 spiro atoms. The average molecular weight is 280 g/mol. The zero-order chi connectivity index (χ0) is 15.4. The largest absolute Gasteiger partial charge is 0.387 e. The van der Waals surface area contributed by atoms with E-state index >= 15 is 0 Å². The van der Waals surface area contributed by atoms with Gasteiger partial charge in [0, 0.05) is 19.3 Å². The summed E-state index contributed by atoms with van der Waals surface area (Å²) in [5.41, 5.74) is 4.98. The Morgan fingerprint density at radius 1 is 1.14 bits per heavy atom. The van der Waals surface area contributed by atoms with Gasteiger partial charge in [-0.15, -0.1) is 0 Å². The molecule has 0 saturated carbocycles. The summed E-state index contributed by atoms with van der Waals surface area (Å²) in [7, 11) is 1.98. The minimum Gasteiger partial charge on any atom is -0.387 e. The van der Waals surface area contributed by atoms with E-state index in [4.69, 9.17) is 5.26 Å². The summed E-state index contributed by atoms with van der Waals surface area (Å²) in [5.74, 6) is 0. The molecular formula is C18H20N2O. The number of benzene rings is 2. The molecule has 0 radical (unpaired) electrons. The number of hydrogen-bond donors (Lipinski definition) is 1. The molecule has 108 valence electrons. The molecule has 3 nitrogen and oxygen atoms in total. The van der Waals surface area contributed by atoms with E-state index in [1.807, 2.05) is 7.05 Å². The normalized spacial score (nSPS) is 11.8. The first-order valence-electron chi connectivity index (χ1n) is 6.98. The smallest absolute Gasteiger partial charge is 0.0991 e. The monoisotopic (exact) mass is 280 g/mol. The van der Waals surface area contributed by atoms with Gasteiger partial charge < -0.3 is 10.0 Å². The predicted octanol–water partition coefficient (Wildman–Crippen LogP) is 3.34. The van der Waals surface area contributed by atoms with Gasteiger partial charge in [0.2, 0.25) is 0 Å². The van der Waals surface area contributed by atoms with Crippen molar-refractivity contribution in [3.05, 3.63) is 64.7 Å². The van der Waals surface area contributed by atoms with Gasteiger partial charge in [0.15, 0.2) is 0 Å². The number of likely N-dealkylation sites (N-methyl/N-ethyl adjacent to an activating group) is 1. The van der Waals surface area contributed by atoms with Crippen LogP contribution in [-0.2, 0) is 0 Å². The van der Waals surface area contributed by atoms with Crippen molar-refractivity contribution in [1.29, 1.82) is 5.26 Å². The van der Waals surface area contributed by atoms with Crippen molar-refractivity contribution in [1.82, 2.24) is 0 Å². The van der Waals surface area contributed by atoms with Crippen molar-refractivity contribution in [2.75, 3.05) is 18.5 Å². The number of anilines is 1. The average Bonchev–Trinajstić information content (AvgIpc) is 2.47. The fourth-order valence-electron chi connectivity index (χ4n) is 2.48. The standard InChI is InChI=1S/C18H20N2O/c1-13-4-9-17(14(2)10-13)20(3)12-18(21)16-7-5-15(11-19)6-8-16/h4-10,18,21H,12H2,1-3H3. The maximum atomic E-state index is 10.3. The van der Waals surface area contributed by atoms with Crippen molar-refractivity contribution in [2.24, 2.45) is 0 Å². The molecule has 0 aliphatic heterocycles. The Kier molecular flexibility index (Phi) is 4.62. The third kappa shape index (κ3) is 3.62. The molecule has 0 heterocycles. The molecule has 3 heteroatoms. The number of rotatable bonds is 4. The molecular weight excluding hydrogens is 260 g/mol. The van der Waals surface area contributed by atoms with Crippen molar-refractivity contribution in [3.8, 4) is 6.07 Å². The van der Waals surface area contributed by atoms with Gasteiger partial charge in [0.1, 0.15) is 0 Å². The van der Waals surface area contributed by atoms with Gasteiger partial charge in [-0.05, 0) is 43.2 Å². The topological polar surface area (TPSA) is 47.3 Å². The zero-order valence-electron chi connectivity index (χ0n) is 12.7. The summed E-state index contributed by atoms with van der Waals surface area (Å²) in [6.07, 6.45) is -0.580. The first-order chi connectivity index (χ1) is 10.0. The van der Waals surface area contributed by atoms with Gasteiger partial charge in [-0.1, -0.05) is 29.8 Å². The van der Waals surface area contributed by atoms with Crippen LogP contribution in [0.1, 0.15) is 28.4 Å². The SMILES string of the molecule is Cc1ccc(N(C)CC(O)c2ccc(C#N)cc2)c(C)c1. The zero-order valence-corrected chi connectivity index (χ0v) is 12.7. The second-order valence-corrected chi connectivity index (χ2v) is 5.42. The number of hydrogen-bond acceptors (Lipinski definition) is 3. The molecule has 1 N–H and O–H groups in total. The minimum atomic E-state index is -0.580. The van der Waals surface area contributed by atoms with Crippen molar-refractivity contribution >= 4 is 5.69 Å². The second kappa shape index (κ2) is 6.43. The van der Waals surface area contributed by atoms with Gasteiger partial charge in [-0.2, -0.15) is 5.26 Å². The highest BCUT2D eigenvalue weighted by atomic mass is 16.3. The molecule has 0 aliphatic carbocycles. The van der Waals surface area contributed by atoms with E-state index in [9.17, 15) is 5.11 Å². The lowest BCUT2D eigenvalue weighted by molar-refractivity contribution is 0.185. The van der Waals surface area contributed by atoms with Crippen LogP contribution < -0.4 is 4.90 Å².